The number of carbonyl (C=O) groups excluding carboxylic acids is 2. The van der Waals surface area contributed by atoms with E-state index in [-0.39, 0.29) is 6.54 Å². The van der Waals surface area contributed by atoms with Gasteiger partial charge in [-0.2, -0.15) is 0 Å². The Morgan fingerprint density at radius 1 is 1.50 bits per heavy atom. The first-order valence-corrected chi connectivity index (χ1v) is 6.53. The largest absolute Gasteiger partial charge is 0.432 e. The molecule has 104 valence electrons. The molecule has 1 N–H and O–H groups in total. The van der Waals surface area contributed by atoms with Crippen LogP contribution in [0.4, 0.5) is 5.69 Å². The number of rotatable bonds is 1. The molecule has 1 unspecified atom stereocenters. The van der Waals surface area contributed by atoms with Crippen LogP contribution >= 0.6 is 23.2 Å². The molecule has 1 aromatic rings. The number of nitrogens with zero attached hydrogens (tertiary/aromatic N) is 2. The van der Waals surface area contributed by atoms with Crippen molar-refractivity contribution in [2.75, 3.05) is 0 Å². The third-order valence-electron chi connectivity index (χ3n) is 3.02. The molecule has 0 aliphatic carbocycles. The van der Waals surface area contributed by atoms with Crippen molar-refractivity contribution in [2.45, 2.75) is 19.7 Å². The highest BCUT2D eigenvalue weighted by molar-refractivity contribution is 6.42. The zero-order valence-electron chi connectivity index (χ0n) is 10.3. The highest BCUT2D eigenvalue weighted by atomic mass is 35.5. The van der Waals surface area contributed by atoms with Crippen LogP contribution in [-0.4, -0.2) is 29.0 Å². The van der Waals surface area contributed by atoms with E-state index < -0.39 is 18.1 Å². The van der Waals surface area contributed by atoms with Gasteiger partial charge in [0.15, 0.2) is 0 Å². The molecule has 0 aromatic heterocycles. The lowest BCUT2D eigenvalue weighted by Gasteiger charge is -2.27. The second-order valence-electron chi connectivity index (χ2n) is 4.37. The number of nitrogens with one attached hydrogen (secondary N) is 1. The predicted molar refractivity (Wildman–Crippen MR) is 72.8 cm³/mol. The van der Waals surface area contributed by atoms with Gasteiger partial charge in [-0.1, -0.05) is 23.2 Å². The van der Waals surface area contributed by atoms with Gasteiger partial charge in [-0.25, -0.2) is 4.99 Å². The Morgan fingerprint density at radius 3 is 2.95 bits per heavy atom. The lowest BCUT2D eigenvalue weighted by molar-refractivity contribution is -0.159. The number of guanidine groups is 1. The Balaban J connectivity index is 2.01. The van der Waals surface area contributed by atoms with Crippen LogP contribution in [0.15, 0.2) is 17.1 Å². The molecular formula is C12H9Cl2N3O3. The van der Waals surface area contributed by atoms with E-state index in [0.29, 0.717) is 27.3 Å². The number of amides is 1. The summed E-state index contributed by atoms with van der Waals surface area (Å²) in [5.74, 6) is -0.643. The molecule has 2 heterocycles. The van der Waals surface area contributed by atoms with Crippen molar-refractivity contribution < 1.29 is 14.3 Å². The molecule has 1 amide bonds. The Bertz CT molecular complexity index is 660. The van der Waals surface area contributed by atoms with Gasteiger partial charge in [-0.3, -0.25) is 19.8 Å². The fourth-order valence-corrected chi connectivity index (χ4v) is 2.54. The molecule has 2 aliphatic rings. The van der Waals surface area contributed by atoms with E-state index >= 15 is 0 Å². The molecule has 20 heavy (non-hydrogen) atoms. The summed E-state index contributed by atoms with van der Waals surface area (Å²) in [4.78, 5) is 28.7. The molecule has 0 saturated carbocycles. The lowest BCUT2D eigenvalue weighted by Crippen LogP contribution is -2.39. The molecule has 1 saturated heterocycles. The Hall–Kier alpha value is -1.79. The van der Waals surface area contributed by atoms with Crippen LogP contribution in [0, 0.1) is 0 Å². The van der Waals surface area contributed by atoms with Crippen LogP contribution < -0.4 is 5.32 Å². The van der Waals surface area contributed by atoms with Gasteiger partial charge in [-0.05, 0) is 12.1 Å². The minimum Gasteiger partial charge on any atom is -0.432 e. The van der Waals surface area contributed by atoms with Gasteiger partial charge >= 0.3 is 5.97 Å². The summed E-state index contributed by atoms with van der Waals surface area (Å²) in [5, 5.41) is 3.36. The number of hydrogen-bond acceptors (Lipinski definition) is 5. The molecule has 3 rings (SSSR count). The van der Waals surface area contributed by atoms with Crippen molar-refractivity contribution in [3.8, 4) is 0 Å². The van der Waals surface area contributed by atoms with Crippen molar-refractivity contribution >= 4 is 46.7 Å². The van der Waals surface area contributed by atoms with Crippen molar-refractivity contribution in [1.29, 1.82) is 0 Å². The Morgan fingerprint density at radius 2 is 2.25 bits per heavy atom. The fraction of sp³-hybridized carbons (Fsp3) is 0.250. The second-order valence-corrected chi connectivity index (χ2v) is 5.16. The quantitative estimate of drug-likeness (QED) is 0.803. The Labute approximate surface area is 124 Å². The summed E-state index contributed by atoms with van der Waals surface area (Å²) < 4.78 is 5.00. The lowest BCUT2D eigenvalue weighted by atomic mass is 10.1. The van der Waals surface area contributed by atoms with E-state index in [9.17, 15) is 9.59 Å². The first-order valence-electron chi connectivity index (χ1n) is 5.77. The zero-order chi connectivity index (χ0) is 14.4. The fourth-order valence-electron chi connectivity index (χ4n) is 2.14. The van der Waals surface area contributed by atoms with Crippen LogP contribution in [0.1, 0.15) is 12.5 Å². The molecule has 6 nitrogen and oxygen atoms in total. The van der Waals surface area contributed by atoms with Crippen molar-refractivity contribution in [1.82, 2.24) is 10.2 Å². The van der Waals surface area contributed by atoms with E-state index in [0.717, 1.165) is 0 Å². The minimum absolute atomic E-state index is 0.282. The van der Waals surface area contributed by atoms with E-state index in [2.05, 4.69) is 10.3 Å². The van der Waals surface area contributed by atoms with Crippen LogP contribution in [-0.2, 0) is 20.9 Å². The number of hydrogen-bond donors (Lipinski definition) is 1. The van der Waals surface area contributed by atoms with Gasteiger partial charge < -0.3 is 4.74 Å². The number of esters is 1. The summed E-state index contributed by atoms with van der Waals surface area (Å²) in [6.45, 7) is 1.52. The monoisotopic (exact) mass is 313 g/mol. The van der Waals surface area contributed by atoms with Gasteiger partial charge in [0, 0.05) is 12.5 Å². The minimum atomic E-state index is -1.03. The maximum Gasteiger partial charge on any atom is 0.304 e. The molecule has 2 aliphatic heterocycles. The third-order valence-corrected chi connectivity index (χ3v) is 3.86. The molecule has 0 spiro atoms. The van der Waals surface area contributed by atoms with Gasteiger partial charge in [-0.15, -0.1) is 0 Å². The van der Waals surface area contributed by atoms with Crippen LogP contribution in [0.2, 0.25) is 10.0 Å². The molecule has 0 bridgehead atoms. The van der Waals surface area contributed by atoms with E-state index in [1.165, 1.54) is 11.8 Å². The van der Waals surface area contributed by atoms with Crippen LogP contribution in [0.3, 0.4) is 0 Å². The Kier molecular flexibility index (Phi) is 3.07. The van der Waals surface area contributed by atoms with Crippen LogP contribution in [0.25, 0.3) is 0 Å². The second kappa shape index (κ2) is 4.64. The SMILES string of the molecule is CC(=O)OC1C(=O)NC2=Nc3ccc(Cl)c(Cl)c3CN21. The molecule has 1 fully saturated rings. The standard InChI is InChI=1S/C12H9Cl2N3O3/c1-5(18)20-11-10(19)16-12-15-8-3-2-7(13)9(14)6(8)4-17(11)12/h2-3,11H,4H2,1H3,(H,15,16,19). The third kappa shape index (κ3) is 2.01. The van der Waals surface area contributed by atoms with Gasteiger partial charge in [0.05, 0.1) is 22.3 Å². The number of carbonyl (C=O) groups is 2. The van der Waals surface area contributed by atoms with Gasteiger partial charge in [0.25, 0.3) is 12.1 Å². The number of fused-ring (bicyclic) bond motifs is 2. The highest BCUT2D eigenvalue weighted by Gasteiger charge is 2.41. The van der Waals surface area contributed by atoms with Gasteiger partial charge in [0.2, 0.25) is 5.96 Å². The topological polar surface area (TPSA) is 71.0 Å². The number of benzene rings is 1. The van der Waals surface area contributed by atoms with Crippen LogP contribution in [0.5, 0.6) is 0 Å². The van der Waals surface area contributed by atoms with Gasteiger partial charge in [0.1, 0.15) is 0 Å². The van der Waals surface area contributed by atoms with E-state index in [1.54, 1.807) is 12.1 Å². The maximum absolute atomic E-state index is 11.8. The number of ether oxygens (including phenoxy) is 1. The molecule has 1 atom stereocenters. The van der Waals surface area contributed by atoms with Crippen molar-refractivity contribution in [2.24, 2.45) is 4.99 Å². The molecule has 0 radical (unpaired) electrons. The first-order chi connectivity index (χ1) is 9.47. The molecule has 1 aromatic carbocycles. The van der Waals surface area contributed by atoms with E-state index in [1.807, 2.05) is 0 Å². The summed E-state index contributed by atoms with van der Waals surface area (Å²) in [6, 6.07) is 3.36. The summed E-state index contributed by atoms with van der Waals surface area (Å²) in [6.07, 6.45) is -1.03. The first kappa shape index (κ1) is 13.2. The summed E-state index contributed by atoms with van der Waals surface area (Å²) in [7, 11) is 0. The zero-order valence-corrected chi connectivity index (χ0v) is 11.8. The smallest absolute Gasteiger partial charge is 0.304 e. The van der Waals surface area contributed by atoms with Crippen molar-refractivity contribution in [3.05, 3.63) is 27.7 Å². The average Bonchev–Trinajstić information content (AvgIpc) is 2.68. The summed E-state index contributed by atoms with van der Waals surface area (Å²) in [5.41, 5.74) is 1.32. The molecular weight excluding hydrogens is 305 g/mol. The summed E-state index contributed by atoms with van der Waals surface area (Å²) >= 11 is 12.1. The van der Waals surface area contributed by atoms with Crippen molar-refractivity contribution in [3.63, 3.8) is 0 Å². The molecule has 8 heteroatoms. The maximum atomic E-state index is 11.8. The highest BCUT2D eigenvalue weighted by Crippen LogP contribution is 2.37. The number of aliphatic imine (C=N–C) groups is 1. The predicted octanol–water partition coefficient (Wildman–Crippen LogP) is 1.82. The van der Waals surface area contributed by atoms with E-state index in [4.69, 9.17) is 27.9 Å². The normalized spacial score (nSPS) is 19.9. The average molecular weight is 314 g/mol. The number of halogens is 2.